The number of aryl methyl sites for hydroxylation is 1. The van der Waals surface area contributed by atoms with E-state index in [0.717, 1.165) is 10.0 Å². The second-order valence-electron chi connectivity index (χ2n) is 5.34. The van der Waals surface area contributed by atoms with Crippen LogP contribution in [-0.4, -0.2) is 18.4 Å². The van der Waals surface area contributed by atoms with Crippen LogP contribution in [0.4, 0.5) is 5.69 Å². The molecule has 0 bridgehead atoms. The first-order valence-corrected chi connectivity index (χ1v) is 8.11. The van der Waals surface area contributed by atoms with Crippen molar-refractivity contribution >= 4 is 33.4 Å². The summed E-state index contributed by atoms with van der Waals surface area (Å²) in [5.41, 5.74) is 2.91. The zero-order valence-electron chi connectivity index (χ0n) is 13.2. The van der Waals surface area contributed by atoms with Crippen LogP contribution in [0.3, 0.4) is 0 Å². The Morgan fingerprint density at radius 3 is 2.22 bits per heavy atom. The molecule has 2 aromatic rings. The van der Waals surface area contributed by atoms with Gasteiger partial charge in [-0.15, -0.1) is 0 Å². The van der Waals surface area contributed by atoms with Gasteiger partial charge in [0.1, 0.15) is 6.54 Å². The van der Waals surface area contributed by atoms with Gasteiger partial charge in [0, 0.05) is 23.6 Å². The smallest absolute Gasteiger partial charge is 0.240 e. The van der Waals surface area contributed by atoms with E-state index in [1.54, 1.807) is 12.1 Å². The van der Waals surface area contributed by atoms with Crippen molar-refractivity contribution in [1.29, 1.82) is 0 Å². The van der Waals surface area contributed by atoms with Crippen LogP contribution in [0.1, 0.15) is 18.1 Å². The lowest BCUT2D eigenvalue weighted by Gasteiger charge is -2.20. The Morgan fingerprint density at radius 2 is 1.65 bits per heavy atom. The van der Waals surface area contributed by atoms with Crippen molar-refractivity contribution in [3.05, 3.63) is 64.1 Å². The number of benzene rings is 2. The zero-order chi connectivity index (χ0) is 16.8. The van der Waals surface area contributed by atoms with Crippen LogP contribution in [0.15, 0.2) is 53.0 Å². The van der Waals surface area contributed by atoms with Crippen LogP contribution in [0, 0.1) is 6.92 Å². The minimum atomic E-state index is -0.191. The number of carbonyl (C=O) groups excluding carboxylic acids is 2. The molecule has 5 heteroatoms. The quantitative estimate of drug-likeness (QED) is 0.871. The van der Waals surface area contributed by atoms with E-state index < -0.39 is 0 Å². The molecule has 0 aromatic heterocycles. The largest absolute Gasteiger partial charge is 0.350 e. The third kappa shape index (κ3) is 5.21. The summed E-state index contributed by atoms with van der Waals surface area (Å²) in [6.07, 6.45) is 0. The predicted molar refractivity (Wildman–Crippen MR) is 95.2 cm³/mol. The SMILES string of the molecule is CC(=O)N(CC(=O)NCc1ccc(C)cc1)c1ccc(Br)cc1. The summed E-state index contributed by atoms with van der Waals surface area (Å²) >= 11 is 3.36. The molecule has 0 spiro atoms. The van der Waals surface area contributed by atoms with E-state index >= 15 is 0 Å². The summed E-state index contributed by atoms with van der Waals surface area (Å²) in [7, 11) is 0. The molecule has 2 rings (SSSR count). The highest BCUT2D eigenvalue weighted by Crippen LogP contribution is 2.18. The molecule has 120 valence electrons. The molecule has 4 nitrogen and oxygen atoms in total. The Labute approximate surface area is 144 Å². The van der Waals surface area contributed by atoms with Crippen molar-refractivity contribution in [3.8, 4) is 0 Å². The van der Waals surface area contributed by atoms with Crippen LogP contribution in [0.5, 0.6) is 0 Å². The van der Waals surface area contributed by atoms with Crippen molar-refractivity contribution in [1.82, 2.24) is 5.32 Å². The van der Waals surface area contributed by atoms with Gasteiger partial charge in [0.05, 0.1) is 0 Å². The molecular formula is C18H19BrN2O2. The fourth-order valence-corrected chi connectivity index (χ4v) is 2.38. The lowest BCUT2D eigenvalue weighted by molar-refractivity contribution is -0.123. The average Bonchev–Trinajstić information content (AvgIpc) is 2.53. The summed E-state index contributed by atoms with van der Waals surface area (Å²) in [6.45, 7) is 3.93. The first-order chi connectivity index (χ1) is 11.0. The molecular weight excluding hydrogens is 356 g/mol. The third-order valence-corrected chi connectivity index (χ3v) is 3.96. The van der Waals surface area contributed by atoms with Gasteiger partial charge < -0.3 is 10.2 Å². The number of nitrogens with one attached hydrogen (secondary N) is 1. The fourth-order valence-electron chi connectivity index (χ4n) is 2.11. The van der Waals surface area contributed by atoms with Crippen LogP contribution < -0.4 is 10.2 Å². The lowest BCUT2D eigenvalue weighted by Crippen LogP contribution is -2.39. The fraction of sp³-hybridized carbons (Fsp3) is 0.222. The topological polar surface area (TPSA) is 49.4 Å². The molecule has 2 amide bonds. The molecule has 0 aliphatic rings. The number of anilines is 1. The third-order valence-electron chi connectivity index (χ3n) is 3.43. The Kier molecular flexibility index (Phi) is 5.93. The van der Waals surface area contributed by atoms with Gasteiger partial charge in [0.25, 0.3) is 0 Å². The van der Waals surface area contributed by atoms with Gasteiger partial charge in [-0.05, 0) is 36.8 Å². The van der Waals surface area contributed by atoms with Crippen LogP contribution >= 0.6 is 15.9 Å². The second kappa shape index (κ2) is 7.92. The van der Waals surface area contributed by atoms with Crippen LogP contribution in [0.25, 0.3) is 0 Å². The van der Waals surface area contributed by atoms with E-state index in [2.05, 4.69) is 21.2 Å². The highest BCUT2D eigenvalue weighted by atomic mass is 79.9. The van der Waals surface area contributed by atoms with E-state index in [-0.39, 0.29) is 18.4 Å². The minimum absolute atomic E-state index is 0.00280. The monoisotopic (exact) mass is 374 g/mol. The molecule has 0 aliphatic heterocycles. The zero-order valence-corrected chi connectivity index (χ0v) is 14.8. The summed E-state index contributed by atoms with van der Waals surface area (Å²) < 4.78 is 0.925. The van der Waals surface area contributed by atoms with E-state index in [9.17, 15) is 9.59 Å². The van der Waals surface area contributed by atoms with Crippen molar-refractivity contribution in [3.63, 3.8) is 0 Å². The van der Waals surface area contributed by atoms with Crippen molar-refractivity contribution in [2.45, 2.75) is 20.4 Å². The van der Waals surface area contributed by atoms with Gasteiger partial charge in [0.15, 0.2) is 0 Å². The molecule has 0 atom stereocenters. The maximum atomic E-state index is 12.1. The van der Waals surface area contributed by atoms with Crippen molar-refractivity contribution < 1.29 is 9.59 Å². The van der Waals surface area contributed by atoms with E-state index in [0.29, 0.717) is 12.2 Å². The molecule has 1 N–H and O–H groups in total. The number of halogens is 1. The highest BCUT2D eigenvalue weighted by molar-refractivity contribution is 9.10. The number of rotatable bonds is 5. The number of carbonyl (C=O) groups is 2. The van der Waals surface area contributed by atoms with Crippen molar-refractivity contribution in [2.24, 2.45) is 0 Å². The maximum absolute atomic E-state index is 12.1. The number of hydrogen-bond donors (Lipinski definition) is 1. The van der Waals surface area contributed by atoms with Crippen molar-refractivity contribution in [2.75, 3.05) is 11.4 Å². The predicted octanol–water partition coefficient (Wildman–Crippen LogP) is 3.43. The molecule has 0 saturated heterocycles. The van der Waals surface area contributed by atoms with Gasteiger partial charge in [-0.2, -0.15) is 0 Å². The summed E-state index contributed by atoms with van der Waals surface area (Å²) in [4.78, 5) is 25.4. The summed E-state index contributed by atoms with van der Waals surface area (Å²) in [5.74, 6) is -0.360. The van der Waals surface area contributed by atoms with Gasteiger partial charge in [-0.3, -0.25) is 9.59 Å². The summed E-state index contributed by atoms with van der Waals surface area (Å²) in [6, 6.07) is 15.3. The van der Waals surface area contributed by atoms with Gasteiger partial charge >= 0.3 is 0 Å². The number of nitrogens with zero attached hydrogens (tertiary/aromatic N) is 1. The molecule has 0 saturated carbocycles. The second-order valence-corrected chi connectivity index (χ2v) is 6.26. The molecule has 0 radical (unpaired) electrons. The van der Waals surface area contributed by atoms with E-state index in [4.69, 9.17) is 0 Å². The minimum Gasteiger partial charge on any atom is -0.350 e. The van der Waals surface area contributed by atoms with Gasteiger partial charge in [0.2, 0.25) is 11.8 Å². The summed E-state index contributed by atoms with van der Waals surface area (Å²) in [5, 5.41) is 2.84. The first kappa shape index (κ1) is 17.2. The lowest BCUT2D eigenvalue weighted by atomic mass is 10.1. The Balaban J connectivity index is 1.96. The number of amides is 2. The molecule has 0 aliphatic carbocycles. The molecule has 23 heavy (non-hydrogen) atoms. The standard InChI is InChI=1S/C18H19BrN2O2/c1-13-3-5-15(6-4-13)11-20-18(23)12-21(14(2)22)17-9-7-16(19)8-10-17/h3-10H,11-12H2,1-2H3,(H,20,23). The Hall–Kier alpha value is -2.14. The Bertz CT molecular complexity index is 681. The molecule has 0 heterocycles. The maximum Gasteiger partial charge on any atom is 0.240 e. The average molecular weight is 375 g/mol. The van der Waals surface area contributed by atoms with Gasteiger partial charge in [-0.1, -0.05) is 45.8 Å². The highest BCUT2D eigenvalue weighted by Gasteiger charge is 2.15. The van der Waals surface area contributed by atoms with E-state index in [1.807, 2.05) is 43.3 Å². The number of hydrogen-bond acceptors (Lipinski definition) is 2. The molecule has 0 fully saturated rings. The molecule has 2 aromatic carbocycles. The van der Waals surface area contributed by atoms with E-state index in [1.165, 1.54) is 17.4 Å². The van der Waals surface area contributed by atoms with Gasteiger partial charge in [-0.25, -0.2) is 0 Å². The normalized spacial score (nSPS) is 10.2. The Morgan fingerprint density at radius 1 is 1.04 bits per heavy atom. The first-order valence-electron chi connectivity index (χ1n) is 7.31. The van der Waals surface area contributed by atoms with Crippen LogP contribution in [-0.2, 0) is 16.1 Å². The van der Waals surface area contributed by atoms with Crippen LogP contribution in [0.2, 0.25) is 0 Å². The molecule has 0 unspecified atom stereocenters.